The summed E-state index contributed by atoms with van der Waals surface area (Å²) in [5.74, 6) is 1.20. The predicted molar refractivity (Wildman–Crippen MR) is 66.2 cm³/mol. The van der Waals surface area contributed by atoms with Crippen LogP contribution in [0.3, 0.4) is 0 Å². The van der Waals surface area contributed by atoms with Gasteiger partial charge >= 0.3 is 0 Å². The molecule has 1 rings (SSSR count). The van der Waals surface area contributed by atoms with Crippen LogP contribution in [0.4, 0.5) is 0 Å². The third kappa shape index (κ3) is 4.43. The molecule has 4 heteroatoms. The maximum atomic E-state index is 11.9. The number of carbonyl (C=O) groups excluding carboxylic acids is 1. The van der Waals surface area contributed by atoms with E-state index in [1.54, 1.807) is 11.8 Å². The summed E-state index contributed by atoms with van der Waals surface area (Å²) in [7, 11) is 0. The molecule has 1 aliphatic rings. The normalized spacial score (nSPS) is 23.5. The first-order valence-electron chi connectivity index (χ1n) is 5.80. The van der Waals surface area contributed by atoms with Gasteiger partial charge in [0.25, 0.3) is 0 Å². The molecule has 88 valence electrons. The molecular weight excluding hydrogens is 208 g/mol. The average molecular weight is 230 g/mol. The van der Waals surface area contributed by atoms with Crippen LogP contribution in [0.5, 0.6) is 0 Å². The van der Waals surface area contributed by atoms with Crippen LogP contribution < -0.4 is 10.6 Å². The molecule has 1 saturated heterocycles. The molecule has 3 nitrogen and oxygen atoms in total. The molecule has 1 amide bonds. The average Bonchev–Trinajstić information content (AvgIpc) is 2.29. The van der Waals surface area contributed by atoms with Gasteiger partial charge in [-0.25, -0.2) is 0 Å². The van der Waals surface area contributed by atoms with Gasteiger partial charge in [-0.15, -0.1) is 0 Å². The van der Waals surface area contributed by atoms with E-state index in [1.807, 2.05) is 0 Å². The first-order chi connectivity index (χ1) is 7.27. The zero-order valence-electron chi connectivity index (χ0n) is 9.71. The van der Waals surface area contributed by atoms with Gasteiger partial charge in [0.15, 0.2) is 0 Å². The number of amides is 1. The van der Waals surface area contributed by atoms with E-state index in [-0.39, 0.29) is 11.9 Å². The third-order valence-corrected chi connectivity index (χ3v) is 3.57. The van der Waals surface area contributed by atoms with Crippen molar-refractivity contribution in [2.75, 3.05) is 18.6 Å². The number of hydrogen-bond donors (Lipinski definition) is 2. The topological polar surface area (TPSA) is 41.1 Å². The fourth-order valence-electron chi connectivity index (χ4n) is 1.84. The van der Waals surface area contributed by atoms with Crippen LogP contribution in [0.1, 0.15) is 32.6 Å². The predicted octanol–water partition coefficient (Wildman–Crippen LogP) is 1.39. The lowest BCUT2D eigenvalue weighted by molar-refractivity contribution is -0.124. The summed E-state index contributed by atoms with van der Waals surface area (Å²) in [6.07, 6.45) is 6.45. The quantitative estimate of drug-likeness (QED) is 0.750. The Morgan fingerprint density at radius 1 is 1.60 bits per heavy atom. The van der Waals surface area contributed by atoms with Crippen molar-refractivity contribution in [1.82, 2.24) is 10.6 Å². The zero-order valence-corrected chi connectivity index (χ0v) is 10.5. The molecular formula is C11H22N2OS. The molecule has 1 aliphatic heterocycles. The highest BCUT2D eigenvalue weighted by Gasteiger charge is 2.21. The molecule has 0 bridgehead atoms. The van der Waals surface area contributed by atoms with Crippen molar-refractivity contribution < 1.29 is 4.79 Å². The molecule has 0 aromatic carbocycles. The summed E-state index contributed by atoms with van der Waals surface area (Å²) in [4.78, 5) is 11.9. The van der Waals surface area contributed by atoms with E-state index in [4.69, 9.17) is 0 Å². The maximum absolute atomic E-state index is 11.9. The summed E-state index contributed by atoms with van der Waals surface area (Å²) in [5.41, 5.74) is 0. The van der Waals surface area contributed by atoms with Crippen molar-refractivity contribution in [2.45, 2.75) is 44.7 Å². The Morgan fingerprint density at radius 2 is 2.40 bits per heavy atom. The fraction of sp³-hybridized carbons (Fsp3) is 0.909. The van der Waals surface area contributed by atoms with Gasteiger partial charge in [-0.1, -0.05) is 13.3 Å². The first-order valence-corrected chi connectivity index (χ1v) is 7.20. The van der Waals surface area contributed by atoms with Crippen molar-refractivity contribution in [2.24, 2.45) is 0 Å². The Morgan fingerprint density at radius 3 is 2.93 bits per heavy atom. The van der Waals surface area contributed by atoms with Crippen LogP contribution in [-0.2, 0) is 4.79 Å². The lowest BCUT2D eigenvalue weighted by Crippen LogP contribution is -2.50. The second-order valence-electron chi connectivity index (χ2n) is 4.07. The molecule has 1 heterocycles. The van der Waals surface area contributed by atoms with Gasteiger partial charge in [-0.2, -0.15) is 11.8 Å². The summed E-state index contributed by atoms with van der Waals surface area (Å²) >= 11 is 1.79. The van der Waals surface area contributed by atoms with Crippen molar-refractivity contribution >= 4 is 17.7 Å². The first kappa shape index (κ1) is 12.8. The van der Waals surface area contributed by atoms with E-state index in [0.717, 1.165) is 25.1 Å². The smallest absolute Gasteiger partial charge is 0.237 e. The van der Waals surface area contributed by atoms with Crippen molar-refractivity contribution in [3.05, 3.63) is 0 Å². The van der Waals surface area contributed by atoms with Gasteiger partial charge in [0, 0.05) is 11.8 Å². The van der Waals surface area contributed by atoms with Gasteiger partial charge in [0.05, 0.1) is 6.04 Å². The van der Waals surface area contributed by atoms with E-state index >= 15 is 0 Å². The largest absolute Gasteiger partial charge is 0.351 e. The van der Waals surface area contributed by atoms with Crippen molar-refractivity contribution in [3.63, 3.8) is 0 Å². The van der Waals surface area contributed by atoms with Crippen LogP contribution in [0.25, 0.3) is 0 Å². The van der Waals surface area contributed by atoms with Crippen LogP contribution >= 0.6 is 11.8 Å². The number of nitrogens with one attached hydrogen (secondary N) is 2. The van der Waals surface area contributed by atoms with Crippen LogP contribution in [0.15, 0.2) is 0 Å². The SMILES string of the molecule is CCC(CSC)NC(=O)[C@H]1CCCCN1. The highest BCUT2D eigenvalue weighted by Crippen LogP contribution is 2.08. The summed E-state index contributed by atoms with van der Waals surface area (Å²) in [6.45, 7) is 3.10. The number of thioether (sulfide) groups is 1. The molecule has 15 heavy (non-hydrogen) atoms. The second kappa shape index (κ2) is 7.12. The lowest BCUT2D eigenvalue weighted by Gasteiger charge is -2.25. The summed E-state index contributed by atoms with van der Waals surface area (Å²) in [6, 6.07) is 0.380. The van der Waals surface area contributed by atoms with Gasteiger partial charge in [0.2, 0.25) is 5.91 Å². The van der Waals surface area contributed by atoms with E-state index in [2.05, 4.69) is 23.8 Å². The standard InChI is InChI=1S/C11H22N2OS/c1-3-9(8-15-2)13-11(14)10-6-4-5-7-12-10/h9-10,12H,3-8H2,1-2H3,(H,13,14)/t9?,10-/m1/s1. The number of rotatable bonds is 5. The Bertz CT molecular complexity index is 193. The third-order valence-electron chi connectivity index (χ3n) is 2.83. The summed E-state index contributed by atoms with van der Waals surface area (Å²) in [5, 5.41) is 6.39. The molecule has 0 radical (unpaired) electrons. The Balaban J connectivity index is 2.31. The van der Waals surface area contributed by atoms with Crippen molar-refractivity contribution in [3.8, 4) is 0 Å². The fourth-order valence-corrected chi connectivity index (χ4v) is 2.56. The Hall–Kier alpha value is -0.220. The van der Waals surface area contributed by atoms with Crippen molar-refractivity contribution in [1.29, 1.82) is 0 Å². The van der Waals surface area contributed by atoms with E-state index < -0.39 is 0 Å². The molecule has 0 aromatic rings. The highest BCUT2D eigenvalue weighted by molar-refractivity contribution is 7.98. The maximum Gasteiger partial charge on any atom is 0.237 e. The molecule has 2 N–H and O–H groups in total. The molecule has 2 atom stereocenters. The molecule has 1 unspecified atom stereocenters. The number of hydrogen-bond acceptors (Lipinski definition) is 3. The van der Waals surface area contributed by atoms with Gasteiger partial charge in [0.1, 0.15) is 0 Å². The number of piperidine rings is 1. The van der Waals surface area contributed by atoms with Gasteiger partial charge in [-0.05, 0) is 32.1 Å². The molecule has 1 fully saturated rings. The molecule has 0 spiro atoms. The van der Waals surface area contributed by atoms with E-state index in [1.165, 1.54) is 12.8 Å². The lowest BCUT2D eigenvalue weighted by atomic mass is 10.0. The minimum atomic E-state index is 0.0506. The minimum absolute atomic E-state index is 0.0506. The van der Waals surface area contributed by atoms with Crippen LogP contribution in [0.2, 0.25) is 0 Å². The summed E-state index contributed by atoms with van der Waals surface area (Å²) < 4.78 is 0. The van der Waals surface area contributed by atoms with E-state index in [9.17, 15) is 4.79 Å². The highest BCUT2D eigenvalue weighted by atomic mass is 32.2. The van der Waals surface area contributed by atoms with Crippen LogP contribution in [-0.4, -0.2) is 36.5 Å². The van der Waals surface area contributed by atoms with Crippen LogP contribution in [0, 0.1) is 0 Å². The zero-order chi connectivity index (χ0) is 11.1. The molecule has 0 saturated carbocycles. The van der Waals surface area contributed by atoms with Gasteiger partial charge in [-0.3, -0.25) is 4.79 Å². The Labute approximate surface area is 96.8 Å². The Kier molecular flexibility index (Phi) is 6.10. The second-order valence-corrected chi connectivity index (χ2v) is 4.98. The minimum Gasteiger partial charge on any atom is -0.351 e. The number of carbonyl (C=O) groups is 1. The van der Waals surface area contributed by atoms with E-state index in [0.29, 0.717) is 6.04 Å². The molecule has 0 aromatic heterocycles. The monoisotopic (exact) mass is 230 g/mol. The molecule has 0 aliphatic carbocycles. The van der Waals surface area contributed by atoms with Gasteiger partial charge < -0.3 is 10.6 Å².